The van der Waals surface area contributed by atoms with Crippen molar-refractivity contribution < 1.29 is 18.7 Å². The summed E-state index contributed by atoms with van der Waals surface area (Å²) in [6, 6.07) is 16.4. The Morgan fingerprint density at radius 3 is 2.85 bits per heavy atom. The van der Waals surface area contributed by atoms with Gasteiger partial charge in [-0.05, 0) is 48.4 Å². The molecule has 172 valence electrons. The second-order valence-corrected chi connectivity index (χ2v) is 8.96. The van der Waals surface area contributed by atoms with Crippen LogP contribution in [0.1, 0.15) is 11.3 Å². The number of thioether (sulfide) groups is 1. The van der Waals surface area contributed by atoms with E-state index in [0.29, 0.717) is 33.9 Å². The van der Waals surface area contributed by atoms with Crippen molar-refractivity contribution in [2.45, 2.75) is 6.42 Å². The SMILES string of the molecule is COc1ccc(N2C(=O)C(=Cc3ccco3)N=C2SCC(=O)N2CCc3ccccc32)cc1Cl. The number of hydrogen-bond donors (Lipinski definition) is 0. The van der Waals surface area contributed by atoms with E-state index in [1.54, 1.807) is 41.3 Å². The van der Waals surface area contributed by atoms with Crippen molar-refractivity contribution in [3.05, 3.63) is 82.9 Å². The number of halogens is 1. The summed E-state index contributed by atoms with van der Waals surface area (Å²) in [5.74, 6) is 0.767. The molecule has 34 heavy (non-hydrogen) atoms. The molecule has 0 aliphatic carbocycles. The summed E-state index contributed by atoms with van der Waals surface area (Å²) in [4.78, 5) is 34.1. The zero-order chi connectivity index (χ0) is 23.7. The van der Waals surface area contributed by atoms with Crippen LogP contribution in [0.4, 0.5) is 11.4 Å². The van der Waals surface area contributed by atoms with E-state index in [4.69, 9.17) is 20.8 Å². The van der Waals surface area contributed by atoms with Crippen molar-refractivity contribution in [3.8, 4) is 5.75 Å². The lowest BCUT2D eigenvalue weighted by Crippen LogP contribution is -2.34. The lowest BCUT2D eigenvalue weighted by atomic mass is 10.2. The third-order valence-electron chi connectivity index (χ3n) is 5.56. The number of nitrogens with zero attached hydrogens (tertiary/aromatic N) is 3. The number of amidine groups is 1. The Bertz CT molecular complexity index is 1320. The minimum absolute atomic E-state index is 0.0405. The van der Waals surface area contributed by atoms with Gasteiger partial charge in [-0.15, -0.1) is 0 Å². The molecule has 2 amide bonds. The summed E-state index contributed by atoms with van der Waals surface area (Å²) in [5, 5.41) is 0.759. The maximum absolute atomic E-state index is 13.3. The number of amides is 2. The Kier molecular flexibility index (Phi) is 6.17. The van der Waals surface area contributed by atoms with Crippen molar-refractivity contribution in [2.24, 2.45) is 4.99 Å². The third kappa shape index (κ3) is 4.22. The van der Waals surface area contributed by atoms with Crippen LogP contribution in [0.3, 0.4) is 0 Å². The van der Waals surface area contributed by atoms with E-state index in [1.165, 1.54) is 30.0 Å². The number of furan rings is 1. The van der Waals surface area contributed by atoms with E-state index >= 15 is 0 Å². The van der Waals surface area contributed by atoms with Crippen LogP contribution in [-0.4, -0.2) is 36.4 Å². The van der Waals surface area contributed by atoms with Gasteiger partial charge in [-0.3, -0.25) is 14.5 Å². The molecule has 1 aromatic heterocycles. The summed E-state index contributed by atoms with van der Waals surface area (Å²) >= 11 is 7.53. The molecule has 0 radical (unpaired) electrons. The highest BCUT2D eigenvalue weighted by molar-refractivity contribution is 8.14. The van der Waals surface area contributed by atoms with Crippen molar-refractivity contribution in [1.82, 2.24) is 0 Å². The van der Waals surface area contributed by atoms with E-state index in [9.17, 15) is 9.59 Å². The van der Waals surface area contributed by atoms with Gasteiger partial charge < -0.3 is 14.1 Å². The molecule has 0 saturated carbocycles. The van der Waals surface area contributed by atoms with Gasteiger partial charge >= 0.3 is 0 Å². The second-order valence-electron chi connectivity index (χ2n) is 7.61. The van der Waals surface area contributed by atoms with Crippen LogP contribution >= 0.6 is 23.4 Å². The van der Waals surface area contributed by atoms with Gasteiger partial charge in [0.05, 0.1) is 29.8 Å². The van der Waals surface area contributed by atoms with E-state index in [0.717, 1.165) is 17.7 Å². The average Bonchev–Trinajstić information content (AvgIpc) is 3.57. The topological polar surface area (TPSA) is 75.3 Å². The summed E-state index contributed by atoms with van der Waals surface area (Å²) < 4.78 is 10.6. The van der Waals surface area contributed by atoms with E-state index < -0.39 is 0 Å². The molecule has 3 heterocycles. The second kappa shape index (κ2) is 9.40. The van der Waals surface area contributed by atoms with Crippen molar-refractivity contribution in [3.63, 3.8) is 0 Å². The Labute approximate surface area is 205 Å². The van der Waals surface area contributed by atoms with Crippen LogP contribution < -0.4 is 14.5 Å². The molecule has 0 saturated heterocycles. The Morgan fingerprint density at radius 1 is 1.24 bits per heavy atom. The van der Waals surface area contributed by atoms with Crippen LogP contribution in [0.15, 0.2) is 76.0 Å². The quantitative estimate of drug-likeness (QED) is 0.467. The van der Waals surface area contributed by atoms with Gasteiger partial charge in [0.15, 0.2) is 5.17 Å². The fourth-order valence-electron chi connectivity index (χ4n) is 3.92. The number of aliphatic imine (C=N–C) groups is 1. The zero-order valence-corrected chi connectivity index (χ0v) is 19.8. The first-order chi connectivity index (χ1) is 16.5. The molecule has 3 aromatic rings. The van der Waals surface area contributed by atoms with Crippen molar-refractivity contribution >= 4 is 57.8 Å². The molecule has 0 bridgehead atoms. The minimum Gasteiger partial charge on any atom is -0.495 e. The van der Waals surface area contributed by atoms with E-state index in [-0.39, 0.29) is 23.3 Å². The largest absolute Gasteiger partial charge is 0.495 e. The average molecular weight is 494 g/mol. The number of methoxy groups -OCH3 is 1. The van der Waals surface area contributed by atoms with Crippen LogP contribution in [0.5, 0.6) is 5.75 Å². The Balaban J connectivity index is 1.41. The molecule has 2 aliphatic rings. The molecule has 0 spiro atoms. The first-order valence-electron chi connectivity index (χ1n) is 10.6. The van der Waals surface area contributed by atoms with Crippen molar-refractivity contribution in [2.75, 3.05) is 29.2 Å². The summed E-state index contributed by atoms with van der Waals surface area (Å²) in [6.07, 6.45) is 3.93. The highest BCUT2D eigenvalue weighted by atomic mass is 35.5. The van der Waals surface area contributed by atoms with Crippen LogP contribution in [0.25, 0.3) is 6.08 Å². The predicted octanol–water partition coefficient (Wildman–Crippen LogP) is 5.01. The first-order valence-corrected chi connectivity index (χ1v) is 11.9. The maximum atomic E-state index is 13.3. The number of fused-ring (bicyclic) bond motifs is 1. The van der Waals surface area contributed by atoms with Crippen LogP contribution in [-0.2, 0) is 16.0 Å². The molecule has 0 unspecified atom stereocenters. The predicted molar refractivity (Wildman–Crippen MR) is 135 cm³/mol. The number of rotatable bonds is 5. The van der Waals surface area contributed by atoms with Gasteiger partial charge in [-0.25, -0.2) is 4.99 Å². The number of carbonyl (C=O) groups excluding carboxylic acids is 2. The van der Waals surface area contributed by atoms with Crippen LogP contribution in [0, 0.1) is 0 Å². The van der Waals surface area contributed by atoms with E-state index in [2.05, 4.69) is 4.99 Å². The molecule has 2 aromatic carbocycles. The number of carbonyl (C=O) groups is 2. The molecule has 0 fully saturated rings. The third-order valence-corrected chi connectivity index (χ3v) is 6.78. The standard InChI is InChI=1S/C25H20ClN3O4S/c1-32-22-9-8-17(13-19(22)26)29-24(31)20(14-18-6-4-12-33-18)27-25(29)34-15-23(30)28-11-10-16-5-2-3-7-21(16)28/h2-9,12-14H,10-11,15H2,1H3. The molecule has 2 aliphatic heterocycles. The van der Waals surface area contributed by atoms with Gasteiger partial charge in [0, 0.05) is 18.3 Å². The van der Waals surface area contributed by atoms with Gasteiger partial charge in [0.2, 0.25) is 5.91 Å². The van der Waals surface area contributed by atoms with Crippen molar-refractivity contribution in [1.29, 1.82) is 0 Å². The van der Waals surface area contributed by atoms with E-state index in [1.807, 2.05) is 24.3 Å². The van der Waals surface area contributed by atoms with Gasteiger partial charge in [0.1, 0.15) is 17.2 Å². The summed E-state index contributed by atoms with van der Waals surface area (Å²) in [5.41, 5.74) is 2.84. The van der Waals surface area contributed by atoms with Gasteiger partial charge in [-0.1, -0.05) is 41.6 Å². The molecule has 9 heteroatoms. The number of anilines is 2. The smallest absolute Gasteiger partial charge is 0.283 e. The number of para-hydroxylation sites is 1. The fraction of sp³-hybridized carbons (Fsp3) is 0.160. The lowest BCUT2D eigenvalue weighted by Gasteiger charge is -2.20. The highest BCUT2D eigenvalue weighted by Gasteiger charge is 2.34. The highest BCUT2D eigenvalue weighted by Crippen LogP contribution is 2.35. The van der Waals surface area contributed by atoms with Crippen LogP contribution in [0.2, 0.25) is 5.02 Å². The molecular formula is C25H20ClN3O4S. The monoisotopic (exact) mass is 493 g/mol. The lowest BCUT2D eigenvalue weighted by molar-refractivity contribution is -0.116. The number of benzene rings is 2. The zero-order valence-electron chi connectivity index (χ0n) is 18.2. The maximum Gasteiger partial charge on any atom is 0.283 e. The molecule has 0 atom stereocenters. The summed E-state index contributed by atoms with van der Waals surface area (Å²) in [6.45, 7) is 0.644. The molecule has 5 rings (SSSR count). The van der Waals surface area contributed by atoms with Gasteiger partial charge in [0.25, 0.3) is 5.91 Å². The minimum atomic E-state index is -0.334. The molecule has 7 nitrogen and oxygen atoms in total. The number of hydrogen-bond acceptors (Lipinski definition) is 6. The fourth-order valence-corrected chi connectivity index (χ4v) is 5.07. The Morgan fingerprint density at radius 2 is 2.09 bits per heavy atom. The first kappa shape index (κ1) is 22.3. The Hall–Kier alpha value is -3.49. The van der Waals surface area contributed by atoms with Gasteiger partial charge in [-0.2, -0.15) is 0 Å². The summed E-state index contributed by atoms with van der Waals surface area (Å²) in [7, 11) is 1.52. The normalized spacial score (nSPS) is 16.2. The molecular weight excluding hydrogens is 474 g/mol. The number of ether oxygens (including phenoxy) is 1. The molecule has 0 N–H and O–H groups in total.